The lowest BCUT2D eigenvalue weighted by Crippen LogP contribution is -2.54. The van der Waals surface area contributed by atoms with Crippen LogP contribution in [0.15, 0.2) is 60.8 Å². The van der Waals surface area contributed by atoms with E-state index in [4.69, 9.17) is 4.98 Å². The maximum absolute atomic E-state index is 15.3. The van der Waals surface area contributed by atoms with Crippen LogP contribution in [-0.4, -0.2) is 66.5 Å². The molecule has 11 heteroatoms. The van der Waals surface area contributed by atoms with Gasteiger partial charge in [-0.05, 0) is 62.1 Å². The monoisotopic (exact) mass is 585 g/mol. The number of hydrogen-bond donors (Lipinski definition) is 2. The summed E-state index contributed by atoms with van der Waals surface area (Å²) in [5.41, 5.74) is 1.49. The van der Waals surface area contributed by atoms with Crippen molar-refractivity contribution in [1.82, 2.24) is 20.5 Å². The molecule has 1 aromatic heterocycles. The fourth-order valence-corrected chi connectivity index (χ4v) is 5.73. The molecule has 2 aromatic carbocycles. The van der Waals surface area contributed by atoms with E-state index in [9.17, 15) is 18.0 Å². The number of ether oxygens (including phenoxy) is 1. The zero-order chi connectivity index (χ0) is 29.9. The Hall–Kier alpha value is -3.70. The average molecular weight is 586 g/mol. The Morgan fingerprint density at radius 3 is 2.33 bits per heavy atom. The molecule has 2 fully saturated rings. The molecule has 2 aliphatic heterocycles. The van der Waals surface area contributed by atoms with Gasteiger partial charge in [0.15, 0.2) is 0 Å². The van der Waals surface area contributed by atoms with E-state index >= 15 is 4.39 Å². The number of nitrogens with one attached hydrogen (secondary N) is 2. The fraction of sp³-hybridized carbons (Fsp3) is 0.419. The van der Waals surface area contributed by atoms with E-state index in [0.29, 0.717) is 17.6 Å². The Morgan fingerprint density at radius 1 is 1.02 bits per heavy atom. The van der Waals surface area contributed by atoms with Gasteiger partial charge in [0.1, 0.15) is 17.4 Å². The summed E-state index contributed by atoms with van der Waals surface area (Å²) in [5.74, 6) is -0.650. The van der Waals surface area contributed by atoms with E-state index in [0.717, 1.165) is 69.1 Å². The Bertz CT molecular complexity index is 1350. The van der Waals surface area contributed by atoms with Gasteiger partial charge >= 0.3 is 6.36 Å². The van der Waals surface area contributed by atoms with Crippen molar-refractivity contribution < 1.29 is 27.1 Å². The number of carbonyl (C=O) groups is 1. The third-order valence-electron chi connectivity index (χ3n) is 7.66. The molecule has 0 spiro atoms. The van der Waals surface area contributed by atoms with Crippen molar-refractivity contribution in [1.29, 1.82) is 0 Å². The lowest BCUT2D eigenvalue weighted by molar-refractivity contribution is -0.274. The first kappa shape index (κ1) is 29.8. The van der Waals surface area contributed by atoms with Crippen LogP contribution in [0.5, 0.6) is 5.75 Å². The highest BCUT2D eigenvalue weighted by Crippen LogP contribution is 2.29. The van der Waals surface area contributed by atoms with E-state index in [1.807, 2.05) is 6.20 Å². The highest BCUT2D eigenvalue weighted by Gasteiger charge is 2.31. The quantitative estimate of drug-likeness (QED) is 0.364. The summed E-state index contributed by atoms with van der Waals surface area (Å²) in [5, 5.41) is 6.49. The summed E-state index contributed by atoms with van der Waals surface area (Å²) < 4.78 is 56.5. The van der Waals surface area contributed by atoms with Crippen molar-refractivity contribution in [2.24, 2.45) is 0 Å². The smallest absolute Gasteiger partial charge is 0.406 e. The van der Waals surface area contributed by atoms with Gasteiger partial charge in [0.2, 0.25) is 0 Å². The molecule has 2 atom stereocenters. The summed E-state index contributed by atoms with van der Waals surface area (Å²) in [6, 6.07) is 14.3. The molecule has 3 heterocycles. The minimum atomic E-state index is -4.81. The number of alkyl halides is 3. The maximum Gasteiger partial charge on any atom is 0.573 e. The number of anilines is 1. The standard InChI is InChI=1S/C31H35F4N5O2/c1-20-17-40(18-21(2)37-20)28-11-6-22(16-36-28)19-39-14-12-24(13-15-39)38-30(41)27-5-3-4-26(29(27)32)23-7-9-25(10-8-23)42-31(33,34)35/h3-11,16,20-21,24,37H,12-15,17-19H2,1-2H3,(H,38,41). The second-order valence-corrected chi connectivity index (χ2v) is 11.2. The molecule has 2 unspecified atom stereocenters. The van der Waals surface area contributed by atoms with Crippen LogP contribution in [0.2, 0.25) is 0 Å². The van der Waals surface area contributed by atoms with Gasteiger partial charge < -0.3 is 20.3 Å². The molecule has 5 rings (SSSR count). The van der Waals surface area contributed by atoms with Crippen LogP contribution < -0.4 is 20.3 Å². The number of rotatable bonds is 7. The molecule has 42 heavy (non-hydrogen) atoms. The molecule has 0 bridgehead atoms. The number of piperidine rings is 1. The molecule has 7 nitrogen and oxygen atoms in total. The van der Waals surface area contributed by atoms with E-state index in [2.05, 4.69) is 51.2 Å². The number of hydrogen-bond acceptors (Lipinski definition) is 6. The second-order valence-electron chi connectivity index (χ2n) is 11.2. The van der Waals surface area contributed by atoms with Gasteiger partial charge in [-0.15, -0.1) is 13.2 Å². The third-order valence-corrected chi connectivity index (χ3v) is 7.66. The van der Waals surface area contributed by atoms with Crippen LogP contribution in [-0.2, 0) is 6.54 Å². The van der Waals surface area contributed by atoms with Crippen molar-refractivity contribution in [3.63, 3.8) is 0 Å². The van der Waals surface area contributed by atoms with Crippen molar-refractivity contribution in [3.05, 3.63) is 77.7 Å². The third kappa shape index (κ3) is 7.57. The van der Waals surface area contributed by atoms with Crippen LogP contribution in [0.25, 0.3) is 11.1 Å². The summed E-state index contributed by atoms with van der Waals surface area (Å²) >= 11 is 0. The summed E-state index contributed by atoms with van der Waals surface area (Å²) in [6.45, 7) is 8.56. The molecule has 0 saturated carbocycles. The number of pyridine rings is 1. The maximum atomic E-state index is 15.3. The topological polar surface area (TPSA) is 69.7 Å². The van der Waals surface area contributed by atoms with E-state index < -0.39 is 23.8 Å². The van der Waals surface area contributed by atoms with Gasteiger partial charge in [0.25, 0.3) is 5.91 Å². The molecule has 3 aromatic rings. The Labute approximate surface area is 242 Å². The Balaban J connectivity index is 1.13. The van der Waals surface area contributed by atoms with Gasteiger partial charge in [-0.1, -0.05) is 30.3 Å². The highest BCUT2D eigenvalue weighted by atomic mass is 19.4. The fourth-order valence-electron chi connectivity index (χ4n) is 5.73. The summed E-state index contributed by atoms with van der Waals surface area (Å²) in [6.07, 6.45) is -1.41. The first-order chi connectivity index (χ1) is 20.0. The number of carbonyl (C=O) groups excluding carboxylic acids is 1. The number of nitrogens with zero attached hydrogens (tertiary/aromatic N) is 3. The molecular weight excluding hydrogens is 550 g/mol. The second kappa shape index (κ2) is 12.7. The van der Waals surface area contributed by atoms with Crippen molar-refractivity contribution in [2.75, 3.05) is 31.1 Å². The predicted octanol–water partition coefficient (Wildman–Crippen LogP) is 5.37. The van der Waals surface area contributed by atoms with Gasteiger partial charge in [0, 0.05) is 62.6 Å². The lowest BCUT2D eigenvalue weighted by Gasteiger charge is -2.37. The molecule has 0 aliphatic carbocycles. The molecule has 1 amide bonds. The summed E-state index contributed by atoms with van der Waals surface area (Å²) in [4.78, 5) is 22.3. The van der Waals surface area contributed by atoms with Crippen LogP contribution in [0.4, 0.5) is 23.4 Å². The van der Waals surface area contributed by atoms with Crippen molar-refractivity contribution in [2.45, 2.75) is 57.7 Å². The Kier molecular flexibility index (Phi) is 8.98. The molecule has 2 aliphatic rings. The van der Waals surface area contributed by atoms with Crippen LogP contribution in [0.1, 0.15) is 42.6 Å². The number of piperazine rings is 1. The molecular formula is C31H35F4N5O2. The molecule has 2 N–H and O–H groups in total. The first-order valence-electron chi connectivity index (χ1n) is 14.2. The largest absolute Gasteiger partial charge is 0.573 e. The number of aromatic nitrogens is 1. The van der Waals surface area contributed by atoms with Gasteiger partial charge in [0.05, 0.1) is 5.56 Å². The zero-order valence-electron chi connectivity index (χ0n) is 23.6. The van der Waals surface area contributed by atoms with Crippen molar-refractivity contribution in [3.8, 4) is 16.9 Å². The normalized spacial score (nSPS) is 20.4. The minimum Gasteiger partial charge on any atom is -0.406 e. The number of likely N-dealkylation sites (tertiary alicyclic amines) is 1. The average Bonchev–Trinajstić information content (AvgIpc) is 2.94. The predicted molar refractivity (Wildman–Crippen MR) is 153 cm³/mol. The minimum absolute atomic E-state index is 0.0900. The summed E-state index contributed by atoms with van der Waals surface area (Å²) in [7, 11) is 0. The van der Waals surface area contributed by atoms with Crippen molar-refractivity contribution >= 4 is 11.7 Å². The van der Waals surface area contributed by atoms with E-state index in [1.165, 1.54) is 24.3 Å². The zero-order valence-corrected chi connectivity index (χ0v) is 23.6. The first-order valence-corrected chi connectivity index (χ1v) is 14.2. The van der Waals surface area contributed by atoms with Gasteiger partial charge in [-0.2, -0.15) is 0 Å². The lowest BCUT2D eigenvalue weighted by atomic mass is 10.0. The van der Waals surface area contributed by atoms with Crippen LogP contribution in [0, 0.1) is 5.82 Å². The van der Waals surface area contributed by atoms with E-state index in [-0.39, 0.29) is 17.2 Å². The molecule has 224 valence electrons. The van der Waals surface area contributed by atoms with E-state index in [1.54, 1.807) is 6.07 Å². The molecule has 2 saturated heterocycles. The highest BCUT2D eigenvalue weighted by molar-refractivity contribution is 5.96. The van der Waals surface area contributed by atoms with Crippen LogP contribution >= 0.6 is 0 Å². The van der Waals surface area contributed by atoms with Crippen LogP contribution in [0.3, 0.4) is 0 Å². The SMILES string of the molecule is CC1CN(c2ccc(CN3CCC(NC(=O)c4cccc(-c5ccc(OC(F)(F)F)cc5)c4F)CC3)cn2)CC(C)N1. The number of halogens is 4. The van der Waals surface area contributed by atoms with Gasteiger partial charge in [-0.3, -0.25) is 9.69 Å². The van der Waals surface area contributed by atoms with Gasteiger partial charge in [-0.25, -0.2) is 9.37 Å². The number of amides is 1. The Morgan fingerprint density at radius 2 is 1.71 bits per heavy atom. The molecule has 0 radical (unpaired) electrons. The number of benzene rings is 2.